The van der Waals surface area contributed by atoms with E-state index in [1.165, 1.54) is 18.3 Å². The molecule has 0 aromatic carbocycles. The molecule has 0 aliphatic heterocycles. The van der Waals surface area contributed by atoms with Gasteiger partial charge in [0.1, 0.15) is 10.0 Å². The number of thiophene rings is 1. The molecule has 0 bridgehead atoms. The minimum absolute atomic E-state index is 0.175. The van der Waals surface area contributed by atoms with Crippen molar-refractivity contribution < 1.29 is 8.42 Å². The minimum atomic E-state index is -3.58. The molecule has 2 N–H and O–H groups in total. The van der Waals surface area contributed by atoms with Gasteiger partial charge in [-0.2, -0.15) is 12.5 Å². The summed E-state index contributed by atoms with van der Waals surface area (Å²) in [7, 11) is -3.58. The highest BCUT2D eigenvalue weighted by Crippen LogP contribution is 2.27. The predicted octanol–water partition coefficient (Wildman–Crippen LogP) is 1.53. The van der Waals surface area contributed by atoms with Crippen molar-refractivity contribution in [3.8, 4) is 0 Å². The molecule has 2 aromatic heterocycles. The normalized spacial score (nSPS) is 11.8. The molecule has 0 amide bonds. The first-order chi connectivity index (χ1) is 7.00. The molecule has 15 heavy (non-hydrogen) atoms. The molecule has 0 aliphatic rings. The van der Waals surface area contributed by atoms with Gasteiger partial charge in [0.25, 0.3) is 10.0 Å². The molecule has 0 aliphatic carbocycles. The third kappa shape index (κ3) is 1.92. The summed E-state index contributed by atoms with van der Waals surface area (Å²) in [5.74, 6) is 0.175. The van der Waals surface area contributed by atoms with Gasteiger partial charge in [0.2, 0.25) is 0 Å². The van der Waals surface area contributed by atoms with Crippen LogP contribution in [0.15, 0.2) is 32.4 Å². The fraction of sp³-hybridized carbons (Fsp3) is 0. The van der Waals surface area contributed by atoms with Crippen LogP contribution < -0.4 is 5.73 Å². The molecule has 0 radical (unpaired) electrons. The van der Waals surface area contributed by atoms with Gasteiger partial charge in [-0.15, -0.1) is 16.4 Å². The number of aromatic nitrogens is 2. The monoisotopic (exact) mass is 307 g/mol. The molecule has 0 unspecified atom stereocenters. The van der Waals surface area contributed by atoms with Crippen molar-refractivity contribution in [3.05, 3.63) is 28.2 Å². The molecule has 5 nitrogen and oxygen atoms in total. The SMILES string of the molecule is Nc1ccn(S(=O)(=O)c2ccc(Br)s2)n1. The predicted molar refractivity (Wildman–Crippen MR) is 61.2 cm³/mol. The zero-order valence-corrected chi connectivity index (χ0v) is 10.5. The average molecular weight is 308 g/mol. The van der Waals surface area contributed by atoms with Crippen LogP contribution in [-0.2, 0) is 10.0 Å². The molecule has 0 fully saturated rings. The van der Waals surface area contributed by atoms with Gasteiger partial charge >= 0.3 is 0 Å². The largest absolute Gasteiger partial charge is 0.382 e. The Morgan fingerprint density at radius 3 is 2.60 bits per heavy atom. The number of hydrogen-bond donors (Lipinski definition) is 1. The van der Waals surface area contributed by atoms with E-state index in [1.54, 1.807) is 6.07 Å². The van der Waals surface area contributed by atoms with Gasteiger partial charge in [0.05, 0.1) is 3.79 Å². The molecule has 2 rings (SSSR count). The number of rotatable bonds is 2. The first-order valence-corrected chi connectivity index (χ1v) is 6.87. The van der Waals surface area contributed by atoms with Gasteiger partial charge < -0.3 is 5.73 Å². The van der Waals surface area contributed by atoms with E-state index in [9.17, 15) is 8.42 Å². The van der Waals surface area contributed by atoms with Crippen molar-refractivity contribution in [2.45, 2.75) is 4.21 Å². The van der Waals surface area contributed by atoms with Crippen molar-refractivity contribution in [2.24, 2.45) is 0 Å². The highest BCUT2D eigenvalue weighted by molar-refractivity contribution is 9.11. The molecule has 80 valence electrons. The molecule has 8 heteroatoms. The van der Waals surface area contributed by atoms with Crippen LogP contribution in [-0.4, -0.2) is 17.6 Å². The third-order valence-electron chi connectivity index (χ3n) is 1.64. The average Bonchev–Trinajstić information content (AvgIpc) is 2.74. The summed E-state index contributed by atoms with van der Waals surface area (Å²) in [4.78, 5) is 0. The van der Waals surface area contributed by atoms with Gasteiger partial charge in [0, 0.05) is 12.3 Å². The van der Waals surface area contributed by atoms with Crippen molar-refractivity contribution in [3.63, 3.8) is 0 Å². The second-order valence-electron chi connectivity index (χ2n) is 2.68. The number of nitrogens with zero attached hydrogens (tertiary/aromatic N) is 2. The maximum absolute atomic E-state index is 11.9. The zero-order chi connectivity index (χ0) is 11.1. The minimum Gasteiger partial charge on any atom is -0.382 e. The summed E-state index contributed by atoms with van der Waals surface area (Å²) < 4.78 is 25.6. The van der Waals surface area contributed by atoms with Crippen LogP contribution in [0, 0.1) is 0 Å². The van der Waals surface area contributed by atoms with Gasteiger partial charge in [-0.05, 0) is 28.1 Å². The highest BCUT2D eigenvalue weighted by Gasteiger charge is 2.19. The summed E-state index contributed by atoms with van der Waals surface area (Å²) in [6.45, 7) is 0. The number of halogens is 1. The van der Waals surface area contributed by atoms with E-state index in [0.717, 1.165) is 19.2 Å². The quantitative estimate of drug-likeness (QED) is 0.912. The smallest absolute Gasteiger partial charge is 0.292 e. The Balaban J connectivity index is 2.53. The van der Waals surface area contributed by atoms with E-state index in [0.29, 0.717) is 0 Å². The second kappa shape index (κ2) is 3.62. The van der Waals surface area contributed by atoms with Crippen LogP contribution in [0.4, 0.5) is 5.82 Å². The van der Waals surface area contributed by atoms with Gasteiger partial charge in [-0.25, -0.2) is 0 Å². The van der Waals surface area contributed by atoms with E-state index in [2.05, 4.69) is 21.0 Å². The molecule has 0 saturated heterocycles. The Morgan fingerprint density at radius 1 is 1.40 bits per heavy atom. The lowest BCUT2D eigenvalue weighted by atomic mass is 10.7. The van der Waals surface area contributed by atoms with Crippen LogP contribution in [0.25, 0.3) is 0 Å². The molecule has 2 aromatic rings. The molecular formula is C7H6BrN3O2S2. The Kier molecular flexibility index (Phi) is 2.57. The van der Waals surface area contributed by atoms with Gasteiger partial charge in [-0.3, -0.25) is 0 Å². The summed E-state index contributed by atoms with van der Waals surface area (Å²) >= 11 is 4.33. The number of nitrogens with two attached hydrogens (primary N) is 1. The molecular weight excluding hydrogens is 302 g/mol. The summed E-state index contributed by atoms with van der Waals surface area (Å²) in [5.41, 5.74) is 5.36. The number of anilines is 1. The highest BCUT2D eigenvalue weighted by atomic mass is 79.9. The molecule has 0 spiro atoms. The van der Waals surface area contributed by atoms with Crippen molar-refractivity contribution in [1.82, 2.24) is 9.19 Å². The Labute approximate surface area is 98.7 Å². The number of hydrogen-bond acceptors (Lipinski definition) is 5. The lowest BCUT2D eigenvalue weighted by Crippen LogP contribution is -2.12. The standard InChI is InChI=1S/C7H6BrN3O2S2/c8-5-1-2-7(14-5)15(12,13)11-4-3-6(9)10-11/h1-4H,(H2,9,10). The lowest BCUT2D eigenvalue weighted by Gasteiger charge is -1.99. The lowest BCUT2D eigenvalue weighted by molar-refractivity contribution is 0.582. The van der Waals surface area contributed by atoms with Gasteiger partial charge in [-0.1, -0.05) is 0 Å². The zero-order valence-electron chi connectivity index (χ0n) is 7.29. The Bertz CT molecular complexity index is 541. The maximum Gasteiger partial charge on any atom is 0.292 e. The van der Waals surface area contributed by atoms with E-state index in [1.807, 2.05) is 0 Å². The first kappa shape index (κ1) is 10.7. The van der Waals surface area contributed by atoms with Gasteiger partial charge in [0.15, 0.2) is 0 Å². The summed E-state index contributed by atoms with van der Waals surface area (Å²) in [6, 6.07) is 4.62. The second-order valence-corrected chi connectivity index (χ2v) is 7.16. The summed E-state index contributed by atoms with van der Waals surface area (Å²) in [6.07, 6.45) is 1.32. The van der Waals surface area contributed by atoms with Crippen LogP contribution in [0.2, 0.25) is 0 Å². The van der Waals surface area contributed by atoms with E-state index >= 15 is 0 Å². The topological polar surface area (TPSA) is 78.0 Å². The fourth-order valence-corrected chi connectivity index (χ4v) is 4.19. The fourth-order valence-electron chi connectivity index (χ4n) is 0.983. The maximum atomic E-state index is 11.9. The molecule has 2 heterocycles. The van der Waals surface area contributed by atoms with Crippen molar-refractivity contribution >= 4 is 43.1 Å². The van der Waals surface area contributed by atoms with Crippen molar-refractivity contribution in [2.75, 3.05) is 5.73 Å². The number of nitrogen functional groups attached to an aromatic ring is 1. The van der Waals surface area contributed by atoms with Crippen LogP contribution in [0.3, 0.4) is 0 Å². The van der Waals surface area contributed by atoms with Crippen molar-refractivity contribution in [1.29, 1.82) is 0 Å². The van der Waals surface area contributed by atoms with Crippen LogP contribution in [0.5, 0.6) is 0 Å². The summed E-state index contributed by atoms with van der Waals surface area (Å²) in [5, 5.41) is 3.67. The van der Waals surface area contributed by atoms with E-state index in [-0.39, 0.29) is 10.0 Å². The third-order valence-corrected chi connectivity index (χ3v) is 5.28. The van der Waals surface area contributed by atoms with E-state index < -0.39 is 10.0 Å². The van der Waals surface area contributed by atoms with Crippen LogP contribution in [0.1, 0.15) is 0 Å². The molecule has 0 atom stereocenters. The Morgan fingerprint density at radius 2 is 2.13 bits per heavy atom. The van der Waals surface area contributed by atoms with Crippen LogP contribution >= 0.6 is 27.3 Å². The Hall–Kier alpha value is -0.860. The molecule has 0 saturated carbocycles. The van der Waals surface area contributed by atoms with E-state index in [4.69, 9.17) is 5.73 Å². The first-order valence-electron chi connectivity index (χ1n) is 3.82.